The second kappa shape index (κ2) is 8.90. The van der Waals surface area contributed by atoms with E-state index in [9.17, 15) is 8.42 Å². The van der Waals surface area contributed by atoms with Gasteiger partial charge in [-0.25, -0.2) is 8.42 Å². The normalized spacial score (nSPS) is 12.7. The maximum absolute atomic E-state index is 12.3. The second-order valence-corrected chi connectivity index (χ2v) is 8.49. The standard InChI is InChI=1S/C20H22O2S2/c1-17-11-13-20(14-12-17)24(21,22)15-7-6-10-19(23-2)16-18-8-4-3-5-9-18/h3-14H,15-16H2,1-2H3/b7-6+,19-10-. The van der Waals surface area contributed by atoms with Crippen molar-refractivity contribution in [1.82, 2.24) is 0 Å². The van der Waals surface area contributed by atoms with E-state index in [1.807, 2.05) is 55.7 Å². The van der Waals surface area contributed by atoms with Gasteiger partial charge in [-0.15, -0.1) is 11.8 Å². The van der Waals surface area contributed by atoms with E-state index in [0.717, 1.165) is 12.0 Å². The third-order valence-corrected chi connectivity index (χ3v) is 6.02. The number of benzene rings is 2. The van der Waals surface area contributed by atoms with Crippen LogP contribution in [0.25, 0.3) is 0 Å². The number of hydrogen-bond acceptors (Lipinski definition) is 3. The molecule has 4 heteroatoms. The van der Waals surface area contributed by atoms with Crippen molar-refractivity contribution < 1.29 is 8.42 Å². The lowest BCUT2D eigenvalue weighted by molar-refractivity contribution is 0.599. The second-order valence-electron chi connectivity index (χ2n) is 5.52. The van der Waals surface area contributed by atoms with Crippen molar-refractivity contribution in [3.05, 3.63) is 88.9 Å². The predicted octanol–water partition coefficient (Wildman–Crippen LogP) is 4.81. The zero-order chi connectivity index (χ0) is 17.4. The molecule has 0 spiro atoms. The molecular weight excluding hydrogens is 336 g/mol. The van der Waals surface area contributed by atoms with Crippen LogP contribution in [0.3, 0.4) is 0 Å². The highest BCUT2D eigenvalue weighted by Gasteiger charge is 2.11. The summed E-state index contributed by atoms with van der Waals surface area (Å²) in [7, 11) is -3.26. The quantitative estimate of drug-likeness (QED) is 0.666. The van der Waals surface area contributed by atoms with Gasteiger partial charge in [-0.1, -0.05) is 66.3 Å². The van der Waals surface area contributed by atoms with Gasteiger partial charge in [0, 0.05) is 6.42 Å². The van der Waals surface area contributed by atoms with Gasteiger partial charge < -0.3 is 0 Å². The molecule has 0 unspecified atom stereocenters. The molecule has 126 valence electrons. The van der Waals surface area contributed by atoms with Crippen molar-refractivity contribution in [3.8, 4) is 0 Å². The van der Waals surface area contributed by atoms with Crippen molar-refractivity contribution >= 4 is 21.6 Å². The largest absolute Gasteiger partial charge is 0.223 e. The summed E-state index contributed by atoms with van der Waals surface area (Å²) in [5.74, 6) is 0.0135. The van der Waals surface area contributed by atoms with Crippen LogP contribution >= 0.6 is 11.8 Å². The molecule has 0 atom stereocenters. The van der Waals surface area contributed by atoms with E-state index in [4.69, 9.17) is 0 Å². The van der Waals surface area contributed by atoms with Gasteiger partial charge in [-0.3, -0.25) is 0 Å². The number of hydrogen-bond donors (Lipinski definition) is 0. The number of rotatable bonds is 7. The first-order valence-electron chi connectivity index (χ1n) is 7.74. The van der Waals surface area contributed by atoms with Gasteiger partial charge in [0.1, 0.15) is 0 Å². The van der Waals surface area contributed by atoms with E-state index in [1.165, 1.54) is 10.5 Å². The molecule has 0 aliphatic carbocycles. The molecule has 2 aromatic rings. The molecular formula is C20H22O2S2. The van der Waals surface area contributed by atoms with Crippen LogP contribution in [-0.4, -0.2) is 20.4 Å². The maximum Gasteiger partial charge on any atom is 0.181 e. The Morgan fingerprint density at radius 2 is 1.71 bits per heavy atom. The zero-order valence-corrected chi connectivity index (χ0v) is 15.6. The molecule has 0 amide bonds. The fraction of sp³-hybridized carbons (Fsp3) is 0.200. The Labute approximate surface area is 149 Å². The van der Waals surface area contributed by atoms with Gasteiger partial charge >= 0.3 is 0 Å². The maximum atomic E-state index is 12.3. The van der Waals surface area contributed by atoms with E-state index in [2.05, 4.69) is 12.1 Å². The summed E-state index contributed by atoms with van der Waals surface area (Å²) in [6.07, 6.45) is 8.42. The van der Waals surface area contributed by atoms with E-state index < -0.39 is 9.84 Å². The SMILES string of the molecule is CS/C(=C\C=C\CS(=O)(=O)c1ccc(C)cc1)Cc1ccccc1. The molecule has 0 aliphatic rings. The first-order chi connectivity index (χ1) is 11.5. The summed E-state index contributed by atoms with van der Waals surface area (Å²) in [5, 5.41) is 0. The van der Waals surface area contributed by atoms with E-state index in [1.54, 1.807) is 30.0 Å². The minimum absolute atomic E-state index is 0.0135. The molecule has 0 N–H and O–H groups in total. The fourth-order valence-corrected chi connectivity index (χ4v) is 3.83. The molecule has 0 fully saturated rings. The molecule has 2 aromatic carbocycles. The molecule has 24 heavy (non-hydrogen) atoms. The molecule has 0 aliphatic heterocycles. The van der Waals surface area contributed by atoms with Gasteiger partial charge in [-0.2, -0.15) is 0 Å². The number of allylic oxidation sites excluding steroid dienone is 3. The minimum atomic E-state index is -3.26. The van der Waals surface area contributed by atoms with Crippen molar-refractivity contribution in [1.29, 1.82) is 0 Å². The van der Waals surface area contributed by atoms with Gasteiger partial charge in [0.2, 0.25) is 0 Å². The van der Waals surface area contributed by atoms with Crippen LogP contribution < -0.4 is 0 Å². The van der Waals surface area contributed by atoms with Gasteiger partial charge in [0.05, 0.1) is 10.6 Å². The minimum Gasteiger partial charge on any atom is -0.223 e. The Hall–Kier alpha value is -1.78. The van der Waals surface area contributed by atoms with Crippen LogP contribution in [0.15, 0.2) is 82.6 Å². The topological polar surface area (TPSA) is 34.1 Å². The third kappa shape index (κ3) is 5.69. The molecule has 0 heterocycles. The number of thioether (sulfide) groups is 1. The summed E-state index contributed by atoms with van der Waals surface area (Å²) in [6.45, 7) is 1.94. The van der Waals surface area contributed by atoms with Crippen molar-refractivity contribution in [2.45, 2.75) is 18.2 Å². The third-order valence-electron chi connectivity index (χ3n) is 3.60. The fourth-order valence-electron chi connectivity index (χ4n) is 2.20. The highest BCUT2D eigenvalue weighted by Crippen LogP contribution is 2.18. The molecule has 2 nitrogen and oxygen atoms in total. The molecule has 0 bridgehead atoms. The number of sulfone groups is 1. The highest BCUT2D eigenvalue weighted by molar-refractivity contribution is 8.02. The van der Waals surface area contributed by atoms with Crippen LogP contribution in [0.4, 0.5) is 0 Å². The van der Waals surface area contributed by atoms with Gasteiger partial charge in [0.15, 0.2) is 9.84 Å². The van der Waals surface area contributed by atoms with E-state index >= 15 is 0 Å². The number of aryl methyl sites for hydroxylation is 1. The molecule has 2 rings (SSSR count). The molecule has 0 radical (unpaired) electrons. The van der Waals surface area contributed by atoms with Crippen LogP contribution in [0.5, 0.6) is 0 Å². The Morgan fingerprint density at radius 1 is 1.04 bits per heavy atom. The Morgan fingerprint density at radius 3 is 2.33 bits per heavy atom. The average molecular weight is 359 g/mol. The van der Waals surface area contributed by atoms with E-state index in [-0.39, 0.29) is 5.75 Å². The smallest absolute Gasteiger partial charge is 0.181 e. The summed E-state index contributed by atoms with van der Waals surface area (Å²) in [5.41, 5.74) is 2.30. The van der Waals surface area contributed by atoms with Crippen molar-refractivity contribution in [2.24, 2.45) is 0 Å². The summed E-state index contributed by atoms with van der Waals surface area (Å²) in [6, 6.07) is 17.2. The van der Waals surface area contributed by atoms with Crippen LogP contribution in [0, 0.1) is 6.92 Å². The summed E-state index contributed by atoms with van der Waals surface area (Å²) >= 11 is 1.68. The van der Waals surface area contributed by atoms with Crippen molar-refractivity contribution in [3.63, 3.8) is 0 Å². The summed E-state index contributed by atoms with van der Waals surface area (Å²) in [4.78, 5) is 1.57. The lowest BCUT2D eigenvalue weighted by Gasteiger charge is -2.03. The first-order valence-corrected chi connectivity index (χ1v) is 10.6. The van der Waals surface area contributed by atoms with Crippen LogP contribution in [0.2, 0.25) is 0 Å². The zero-order valence-electron chi connectivity index (χ0n) is 14.0. The lowest BCUT2D eigenvalue weighted by atomic mass is 10.1. The monoisotopic (exact) mass is 358 g/mol. The Balaban J connectivity index is 2.00. The average Bonchev–Trinajstić information content (AvgIpc) is 2.59. The predicted molar refractivity (Wildman–Crippen MR) is 104 cm³/mol. The molecule has 0 saturated heterocycles. The van der Waals surface area contributed by atoms with Gasteiger partial charge in [-0.05, 0) is 35.8 Å². The molecule has 0 saturated carbocycles. The van der Waals surface area contributed by atoms with Gasteiger partial charge in [0.25, 0.3) is 0 Å². The highest BCUT2D eigenvalue weighted by atomic mass is 32.2. The lowest BCUT2D eigenvalue weighted by Crippen LogP contribution is -2.04. The Kier molecular flexibility index (Phi) is 6.88. The Bertz CT molecular complexity index is 802. The van der Waals surface area contributed by atoms with Crippen LogP contribution in [-0.2, 0) is 16.3 Å². The first kappa shape index (κ1) is 18.6. The summed E-state index contributed by atoms with van der Waals surface area (Å²) < 4.78 is 24.5. The van der Waals surface area contributed by atoms with Crippen LogP contribution in [0.1, 0.15) is 11.1 Å². The van der Waals surface area contributed by atoms with Crippen molar-refractivity contribution in [2.75, 3.05) is 12.0 Å². The molecule has 0 aromatic heterocycles. The van der Waals surface area contributed by atoms with E-state index in [0.29, 0.717) is 4.90 Å².